The Balaban J connectivity index is 1.37. The van der Waals surface area contributed by atoms with Crippen molar-refractivity contribution in [2.45, 2.75) is 30.1 Å². The van der Waals surface area contributed by atoms with E-state index in [4.69, 9.17) is 14.2 Å². The van der Waals surface area contributed by atoms with Gasteiger partial charge in [0.1, 0.15) is 17.8 Å². The first kappa shape index (κ1) is 21.7. The Morgan fingerprint density at radius 2 is 1.40 bits per heavy atom. The third-order valence-electron chi connectivity index (χ3n) is 6.64. The van der Waals surface area contributed by atoms with Crippen molar-refractivity contribution in [2.75, 3.05) is 6.61 Å². The molecule has 0 radical (unpaired) electrons. The minimum Gasteiger partial charge on any atom is -0.453 e. The summed E-state index contributed by atoms with van der Waals surface area (Å²) in [5.74, 6) is 0. The average Bonchev–Trinajstić information content (AvgIpc) is 3.41. The molecule has 0 spiro atoms. The molecule has 35 heavy (non-hydrogen) atoms. The van der Waals surface area contributed by atoms with E-state index in [1.165, 1.54) is 6.07 Å². The zero-order chi connectivity index (χ0) is 23.8. The molecule has 0 amide bonds. The van der Waals surface area contributed by atoms with E-state index in [-0.39, 0.29) is 12.6 Å². The van der Waals surface area contributed by atoms with Gasteiger partial charge in [-0.25, -0.2) is 0 Å². The highest BCUT2D eigenvalue weighted by Gasteiger charge is 2.52. The van der Waals surface area contributed by atoms with E-state index in [0.29, 0.717) is 0 Å². The second-order valence-corrected chi connectivity index (χ2v) is 8.68. The third-order valence-corrected chi connectivity index (χ3v) is 6.64. The Morgan fingerprint density at radius 3 is 1.94 bits per heavy atom. The molecule has 7 nitrogen and oxygen atoms in total. The van der Waals surface area contributed by atoms with E-state index in [1.807, 2.05) is 91.0 Å². The van der Waals surface area contributed by atoms with Crippen molar-refractivity contribution in [3.63, 3.8) is 0 Å². The van der Waals surface area contributed by atoms with Crippen molar-refractivity contribution in [3.8, 4) is 6.01 Å². The predicted molar refractivity (Wildman–Crippen MR) is 128 cm³/mol. The molecule has 3 aromatic carbocycles. The van der Waals surface area contributed by atoms with Gasteiger partial charge in [-0.2, -0.15) is 4.98 Å². The molecule has 0 saturated carbocycles. The molecule has 1 saturated heterocycles. The minimum absolute atomic E-state index is 0.110. The highest BCUT2D eigenvalue weighted by Crippen LogP contribution is 2.43. The number of hydrogen-bond acceptors (Lipinski definition) is 6. The lowest BCUT2D eigenvalue weighted by molar-refractivity contribution is -0.0936. The fourth-order valence-corrected chi connectivity index (χ4v) is 4.98. The number of aromatic nitrogens is 2. The fraction of sp³-hybridized carbons (Fsp3) is 0.214. The number of aliphatic hydroxyl groups excluding tert-OH is 1. The van der Waals surface area contributed by atoms with Gasteiger partial charge < -0.3 is 19.3 Å². The van der Waals surface area contributed by atoms with Gasteiger partial charge in [0, 0.05) is 12.3 Å². The maximum atomic E-state index is 11.6. The van der Waals surface area contributed by atoms with Crippen LogP contribution in [0.15, 0.2) is 108 Å². The van der Waals surface area contributed by atoms with Gasteiger partial charge >= 0.3 is 6.01 Å². The Kier molecular flexibility index (Phi) is 5.45. The second kappa shape index (κ2) is 8.78. The summed E-state index contributed by atoms with van der Waals surface area (Å²) in [4.78, 5) is 15.4. The summed E-state index contributed by atoms with van der Waals surface area (Å²) < 4.78 is 20.4. The lowest BCUT2D eigenvalue weighted by Crippen LogP contribution is -2.40. The quantitative estimate of drug-likeness (QED) is 0.438. The molecule has 176 valence electrons. The second-order valence-electron chi connectivity index (χ2n) is 8.68. The largest absolute Gasteiger partial charge is 0.453 e. The molecule has 2 aliphatic rings. The van der Waals surface area contributed by atoms with Gasteiger partial charge in [-0.15, -0.1) is 0 Å². The molecular formula is C28H24N2O5. The molecule has 4 atom stereocenters. The first-order chi connectivity index (χ1) is 17.2. The molecule has 6 rings (SSSR count). The van der Waals surface area contributed by atoms with Gasteiger partial charge in [-0.05, 0) is 16.7 Å². The number of aliphatic hydroxyl groups is 1. The van der Waals surface area contributed by atoms with Gasteiger partial charge in [0.2, 0.25) is 0 Å². The van der Waals surface area contributed by atoms with E-state index in [1.54, 1.807) is 10.8 Å². The summed E-state index contributed by atoms with van der Waals surface area (Å²) in [6.07, 6.45) is -1.28. The lowest BCUT2D eigenvalue weighted by atomic mass is 9.80. The maximum absolute atomic E-state index is 11.6. The Labute approximate surface area is 202 Å². The summed E-state index contributed by atoms with van der Waals surface area (Å²) in [6, 6.07) is 31.6. The van der Waals surface area contributed by atoms with Gasteiger partial charge in [-0.1, -0.05) is 91.0 Å². The van der Waals surface area contributed by atoms with Crippen LogP contribution in [0.1, 0.15) is 22.9 Å². The van der Waals surface area contributed by atoms with Crippen molar-refractivity contribution >= 4 is 0 Å². The topological polar surface area (TPSA) is 82.8 Å². The molecule has 3 heterocycles. The minimum atomic E-state index is -0.961. The number of benzene rings is 3. The molecule has 0 unspecified atom stereocenters. The van der Waals surface area contributed by atoms with Gasteiger partial charge in [0.15, 0.2) is 12.3 Å². The molecule has 7 heteroatoms. The zero-order valence-corrected chi connectivity index (χ0v) is 18.8. The molecular weight excluding hydrogens is 444 g/mol. The van der Waals surface area contributed by atoms with Crippen LogP contribution in [0.25, 0.3) is 0 Å². The summed E-state index contributed by atoms with van der Waals surface area (Å²) in [5, 5.41) is 11.1. The van der Waals surface area contributed by atoms with Crippen molar-refractivity contribution in [2.24, 2.45) is 0 Å². The first-order valence-electron chi connectivity index (χ1n) is 11.6. The van der Waals surface area contributed by atoms with Crippen molar-refractivity contribution in [1.82, 2.24) is 9.55 Å². The maximum Gasteiger partial charge on any atom is 0.302 e. The summed E-state index contributed by atoms with van der Waals surface area (Å²) in [5.41, 5.74) is 1.58. The Bertz CT molecular complexity index is 1260. The number of rotatable bonds is 6. The summed E-state index contributed by atoms with van der Waals surface area (Å²) in [7, 11) is 0. The van der Waals surface area contributed by atoms with Crippen LogP contribution in [0.2, 0.25) is 0 Å². The van der Waals surface area contributed by atoms with E-state index in [0.717, 1.165) is 16.7 Å². The number of ether oxygens (including phenoxy) is 3. The molecule has 1 aromatic heterocycles. The number of hydrogen-bond donors (Lipinski definition) is 1. The average molecular weight is 469 g/mol. The fourth-order valence-electron chi connectivity index (χ4n) is 4.98. The Morgan fingerprint density at radius 1 is 0.857 bits per heavy atom. The van der Waals surface area contributed by atoms with Gasteiger partial charge in [-0.3, -0.25) is 9.36 Å². The van der Waals surface area contributed by atoms with Crippen molar-refractivity contribution in [3.05, 3.63) is 130 Å². The summed E-state index contributed by atoms with van der Waals surface area (Å²) in [6.45, 7) is 0.110. The van der Waals surface area contributed by atoms with Crippen LogP contribution in [0.5, 0.6) is 6.01 Å². The van der Waals surface area contributed by atoms with E-state index in [9.17, 15) is 9.90 Å². The van der Waals surface area contributed by atoms with E-state index < -0.39 is 35.7 Å². The number of fused-ring (bicyclic) bond motifs is 3. The highest BCUT2D eigenvalue weighted by molar-refractivity contribution is 5.47. The van der Waals surface area contributed by atoms with E-state index in [2.05, 4.69) is 4.98 Å². The van der Waals surface area contributed by atoms with Crippen LogP contribution in [0.4, 0.5) is 0 Å². The van der Waals surface area contributed by atoms with E-state index >= 15 is 0 Å². The van der Waals surface area contributed by atoms with Crippen LogP contribution >= 0.6 is 0 Å². The van der Waals surface area contributed by atoms with Crippen molar-refractivity contribution in [1.29, 1.82) is 0 Å². The molecule has 0 bridgehead atoms. The van der Waals surface area contributed by atoms with Crippen LogP contribution in [0, 0.1) is 0 Å². The number of nitrogens with zero attached hydrogens (tertiary/aromatic N) is 2. The zero-order valence-electron chi connectivity index (χ0n) is 18.8. The summed E-state index contributed by atoms with van der Waals surface area (Å²) >= 11 is 0. The van der Waals surface area contributed by atoms with Crippen LogP contribution in [-0.2, 0) is 15.1 Å². The highest BCUT2D eigenvalue weighted by atomic mass is 16.6. The van der Waals surface area contributed by atoms with Crippen LogP contribution < -0.4 is 10.3 Å². The van der Waals surface area contributed by atoms with Crippen molar-refractivity contribution < 1.29 is 19.3 Å². The molecule has 1 N–H and O–H groups in total. The van der Waals surface area contributed by atoms with Crippen LogP contribution in [-0.4, -0.2) is 39.6 Å². The molecule has 1 fully saturated rings. The first-order valence-corrected chi connectivity index (χ1v) is 11.6. The van der Waals surface area contributed by atoms with Gasteiger partial charge in [0.05, 0.1) is 6.61 Å². The SMILES string of the molecule is O=c1ccn2c(n1)O[C@@H]1[C@@H](O)[C@H](COC(c3ccccc3)(c3ccccc3)c3ccccc3)O[C@@H]12. The molecule has 2 aliphatic heterocycles. The normalized spacial score (nSPS) is 22.9. The standard InChI is InChI=1S/C28H24N2O5/c31-23-16-17-30-26-25(35-27(30)29-23)24(32)22(34-26)18-33-28(19-10-4-1-5-11-19,20-12-6-2-7-13-20)21-14-8-3-9-15-21/h1-17,22,24-26,32H,18H2/t22-,24-,25+,26-/m0/s1. The monoisotopic (exact) mass is 468 g/mol. The smallest absolute Gasteiger partial charge is 0.302 e. The lowest BCUT2D eigenvalue weighted by Gasteiger charge is -2.37. The van der Waals surface area contributed by atoms with Gasteiger partial charge in [0.25, 0.3) is 5.56 Å². The third kappa shape index (κ3) is 3.65. The molecule has 0 aliphatic carbocycles. The predicted octanol–water partition coefficient (Wildman–Crippen LogP) is 3.27. The Hall–Kier alpha value is -3.78. The molecule has 4 aromatic rings. The van der Waals surface area contributed by atoms with Crippen LogP contribution in [0.3, 0.4) is 0 Å².